The highest BCUT2D eigenvalue weighted by molar-refractivity contribution is 8.18. The Hall–Kier alpha value is -3.13. The number of carbonyl (C=O) groups excluding carboxylic acids is 2. The molecule has 1 saturated heterocycles. The predicted octanol–water partition coefficient (Wildman–Crippen LogP) is 4.24. The zero-order valence-corrected chi connectivity index (χ0v) is 17.5. The molecule has 2 amide bonds. The lowest BCUT2D eigenvalue weighted by atomic mass is 10.1. The van der Waals surface area contributed by atoms with E-state index in [1.807, 2.05) is 38.1 Å². The molecule has 2 aliphatic heterocycles. The summed E-state index contributed by atoms with van der Waals surface area (Å²) in [4.78, 5) is 26.7. The van der Waals surface area contributed by atoms with E-state index in [-0.39, 0.29) is 31.1 Å². The Morgan fingerprint density at radius 3 is 2.57 bits per heavy atom. The summed E-state index contributed by atoms with van der Waals surface area (Å²) >= 11 is 0.900. The van der Waals surface area contributed by atoms with Gasteiger partial charge in [0.25, 0.3) is 11.1 Å². The van der Waals surface area contributed by atoms with E-state index < -0.39 is 0 Å². The molecule has 2 aromatic rings. The average molecular weight is 427 g/mol. The van der Waals surface area contributed by atoms with E-state index in [0.29, 0.717) is 40.1 Å². The third-order valence-electron chi connectivity index (χ3n) is 4.57. The molecule has 2 aliphatic rings. The molecular weight excluding hydrogens is 406 g/mol. The Bertz CT molecular complexity index is 1000. The second-order valence-electron chi connectivity index (χ2n) is 6.67. The number of nitrogens with zero attached hydrogens (tertiary/aromatic N) is 1. The quantitative estimate of drug-likeness (QED) is 0.612. The molecular formula is C22H21NO6S. The maximum absolute atomic E-state index is 12.8. The second-order valence-corrected chi connectivity index (χ2v) is 7.66. The lowest BCUT2D eigenvalue weighted by Crippen LogP contribution is -2.32. The minimum absolute atomic E-state index is 0.141. The first-order chi connectivity index (χ1) is 14.5. The van der Waals surface area contributed by atoms with E-state index in [4.69, 9.17) is 18.9 Å². The van der Waals surface area contributed by atoms with Crippen LogP contribution in [0.4, 0.5) is 4.79 Å². The van der Waals surface area contributed by atoms with Gasteiger partial charge < -0.3 is 18.9 Å². The number of hydrogen-bond donors (Lipinski definition) is 0. The number of ether oxygens (including phenoxy) is 4. The van der Waals surface area contributed by atoms with Crippen molar-refractivity contribution in [3.8, 4) is 23.0 Å². The molecule has 0 radical (unpaired) electrons. The molecule has 0 aromatic heterocycles. The summed E-state index contributed by atoms with van der Waals surface area (Å²) in [6.07, 6.45) is 1.65. The van der Waals surface area contributed by atoms with Gasteiger partial charge in [0.2, 0.25) is 6.79 Å². The minimum atomic E-state index is -0.349. The number of imide groups is 1. The number of fused-ring (bicyclic) bond motifs is 1. The molecule has 1 fully saturated rings. The Labute approximate surface area is 178 Å². The zero-order valence-electron chi connectivity index (χ0n) is 16.7. The van der Waals surface area contributed by atoms with Gasteiger partial charge in [-0.25, -0.2) is 0 Å². The van der Waals surface area contributed by atoms with Crippen molar-refractivity contribution in [2.75, 3.05) is 26.6 Å². The maximum Gasteiger partial charge on any atom is 0.293 e. The maximum atomic E-state index is 12.8. The van der Waals surface area contributed by atoms with E-state index >= 15 is 0 Å². The molecule has 0 unspecified atom stereocenters. The van der Waals surface area contributed by atoms with Crippen LogP contribution < -0.4 is 18.9 Å². The van der Waals surface area contributed by atoms with Gasteiger partial charge in [0.1, 0.15) is 18.1 Å². The highest BCUT2D eigenvalue weighted by atomic mass is 32.2. The van der Waals surface area contributed by atoms with Crippen LogP contribution in [0.5, 0.6) is 23.0 Å². The van der Waals surface area contributed by atoms with Crippen molar-refractivity contribution >= 4 is 29.0 Å². The number of thioether (sulfide) groups is 1. The third kappa shape index (κ3) is 4.23. The Morgan fingerprint density at radius 1 is 1.10 bits per heavy atom. The van der Waals surface area contributed by atoms with Crippen molar-refractivity contribution < 1.29 is 28.5 Å². The van der Waals surface area contributed by atoms with Crippen LogP contribution in [0.25, 0.3) is 6.08 Å². The first-order valence-electron chi connectivity index (χ1n) is 9.56. The minimum Gasteiger partial charge on any atom is -0.493 e. The smallest absolute Gasteiger partial charge is 0.293 e. The fraction of sp³-hybridized carbons (Fsp3) is 0.273. The van der Waals surface area contributed by atoms with Crippen molar-refractivity contribution in [3.63, 3.8) is 0 Å². The number of rotatable bonds is 7. The van der Waals surface area contributed by atoms with Crippen LogP contribution in [0.15, 0.2) is 41.3 Å². The normalized spacial score (nSPS) is 16.5. The summed E-state index contributed by atoms with van der Waals surface area (Å²) in [7, 11) is 0. The van der Waals surface area contributed by atoms with Crippen LogP contribution in [0.1, 0.15) is 18.1 Å². The summed E-state index contributed by atoms with van der Waals surface area (Å²) in [5.74, 6) is 2.09. The zero-order chi connectivity index (χ0) is 21.1. The summed E-state index contributed by atoms with van der Waals surface area (Å²) in [6, 6.07) is 11.1. The van der Waals surface area contributed by atoms with Crippen molar-refractivity contribution in [2.45, 2.75) is 13.8 Å². The lowest BCUT2D eigenvalue weighted by Gasteiger charge is -2.13. The molecule has 8 heteroatoms. The van der Waals surface area contributed by atoms with Gasteiger partial charge in [-0.2, -0.15) is 0 Å². The highest BCUT2D eigenvalue weighted by Crippen LogP contribution is 2.41. The number of benzene rings is 2. The molecule has 7 nitrogen and oxygen atoms in total. The molecule has 2 aromatic carbocycles. The second kappa shape index (κ2) is 8.71. The molecule has 0 N–H and O–H groups in total. The molecule has 0 saturated carbocycles. The van der Waals surface area contributed by atoms with Crippen LogP contribution in [-0.2, 0) is 4.79 Å². The van der Waals surface area contributed by atoms with Crippen LogP contribution in [-0.4, -0.2) is 42.6 Å². The van der Waals surface area contributed by atoms with Crippen molar-refractivity contribution in [1.82, 2.24) is 4.90 Å². The first-order valence-corrected chi connectivity index (χ1v) is 10.4. The van der Waals surface area contributed by atoms with Gasteiger partial charge in [-0.3, -0.25) is 14.5 Å². The van der Waals surface area contributed by atoms with E-state index in [1.165, 1.54) is 4.90 Å². The van der Waals surface area contributed by atoms with Gasteiger partial charge in [0, 0.05) is 11.6 Å². The standard InChI is InChI=1S/C22H21NO6S/c1-3-26-17-12-19-18(28-13-29-19)10-15(17)11-20-21(24)23(22(25)30-20)8-9-27-16-6-4-14(2)5-7-16/h4-7,10-12H,3,8-9,13H2,1-2H3/b20-11+. The molecule has 4 rings (SSSR count). The van der Waals surface area contributed by atoms with E-state index in [0.717, 1.165) is 17.3 Å². The monoisotopic (exact) mass is 427 g/mol. The van der Waals surface area contributed by atoms with Gasteiger partial charge in [0.15, 0.2) is 11.5 Å². The van der Waals surface area contributed by atoms with Crippen molar-refractivity contribution in [2.24, 2.45) is 0 Å². The fourth-order valence-corrected chi connectivity index (χ4v) is 3.91. The van der Waals surface area contributed by atoms with Crippen LogP contribution in [0, 0.1) is 6.92 Å². The van der Waals surface area contributed by atoms with Crippen LogP contribution in [0.2, 0.25) is 0 Å². The van der Waals surface area contributed by atoms with Crippen molar-refractivity contribution in [3.05, 3.63) is 52.4 Å². The topological polar surface area (TPSA) is 74.3 Å². The first kappa shape index (κ1) is 20.2. The molecule has 0 aliphatic carbocycles. The van der Waals surface area contributed by atoms with Gasteiger partial charge in [0.05, 0.1) is 18.1 Å². The van der Waals surface area contributed by atoms with Gasteiger partial charge in [-0.15, -0.1) is 0 Å². The van der Waals surface area contributed by atoms with Crippen LogP contribution in [0.3, 0.4) is 0 Å². The van der Waals surface area contributed by atoms with Gasteiger partial charge in [-0.1, -0.05) is 17.7 Å². The summed E-state index contributed by atoms with van der Waals surface area (Å²) < 4.78 is 22.1. The molecule has 0 bridgehead atoms. The largest absolute Gasteiger partial charge is 0.493 e. The number of carbonyl (C=O) groups is 2. The summed E-state index contributed by atoms with van der Waals surface area (Å²) in [5.41, 5.74) is 1.79. The van der Waals surface area contributed by atoms with E-state index in [1.54, 1.807) is 18.2 Å². The highest BCUT2D eigenvalue weighted by Gasteiger charge is 2.35. The molecule has 0 spiro atoms. The van der Waals surface area contributed by atoms with Crippen LogP contribution >= 0.6 is 11.8 Å². The summed E-state index contributed by atoms with van der Waals surface area (Å²) in [6.45, 7) is 4.86. The molecule has 156 valence electrons. The Balaban J connectivity index is 1.47. The Kier molecular flexibility index (Phi) is 5.85. The average Bonchev–Trinajstić information content (AvgIpc) is 3.29. The van der Waals surface area contributed by atoms with E-state index in [2.05, 4.69) is 0 Å². The Morgan fingerprint density at radius 2 is 1.83 bits per heavy atom. The van der Waals surface area contributed by atoms with Gasteiger partial charge >= 0.3 is 0 Å². The lowest BCUT2D eigenvalue weighted by molar-refractivity contribution is -0.123. The number of amides is 2. The molecule has 30 heavy (non-hydrogen) atoms. The van der Waals surface area contributed by atoms with Gasteiger partial charge in [-0.05, 0) is 49.9 Å². The number of hydrogen-bond acceptors (Lipinski definition) is 7. The predicted molar refractivity (Wildman–Crippen MR) is 113 cm³/mol. The summed E-state index contributed by atoms with van der Waals surface area (Å²) in [5, 5.41) is -0.322. The fourth-order valence-electron chi connectivity index (χ4n) is 3.06. The van der Waals surface area contributed by atoms with Crippen molar-refractivity contribution in [1.29, 1.82) is 0 Å². The third-order valence-corrected chi connectivity index (χ3v) is 5.48. The SMILES string of the molecule is CCOc1cc2c(cc1/C=C1/SC(=O)N(CCOc3ccc(C)cc3)C1=O)OCO2. The molecule has 2 heterocycles. The van der Waals surface area contributed by atoms with E-state index in [9.17, 15) is 9.59 Å². The number of aryl methyl sites for hydroxylation is 1. The molecule has 0 atom stereocenters.